The molecule has 2 aromatic rings. The maximum absolute atomic E-state index is 11.4. The predicted octanol–water partition coefficient (Wildman–Crippen LogP) is 2.43. The van der Waals surface area contributed by atoms with E-state index in [0.717, 1.165) is 5.39 Å². The number of ether oxygens (including phenoxy) is 1. The van der Waals surface area contributed by atoms with Gasteiger partial charge in [0.1, 0.15) is 6.61 Å². The molecule has 0 bridgehead atoms. The van der Waals surface area contributed by atoms with Crippen LogP contribution in [0.2, 0.25) is 0 Å². The lowest BCUT2D eigenvalue weighted by Gasteiger charge is -2.04. The first kappa shape index (κ1) is 11.3. The van der Waals surface area contributed by atoms with Gasteiger partial charge in [0, 0.05) is 11.5 Å². The Balaban J connectivity index is 2.05. The lowest BCUT2D eigenvalue weighted by Crippen LogP contribution is -2.09. The van der Waals surface area contributed by atoms with Crippen LogP contribution in [0.25, 0.3) is 10.9 Å². The first-order chi connectivity index (χ1) is 9.33. The topological polar surface area (TPSA) is 79.7 Å². The van der Waals surface area contributed by atoms with Crippen LogP contribution in [0.1, 0.15) is 0 Å². The summed E-state index contributed by atoms with van der Waals surface area (Å²) in [6.45, 7) is 0.467. The van der Waals surface area contributed by atoms with Gasteiger partial charge in [-0.2, -0.15) is 4.98 Å². The third-order valence-corrected chi connectivity index (χ3v) is 2.56. The van der Waals surface area contributed by atoms with E-state index in [0.29, 0.717) is 18.0 Å². The number of allylic oxidation sites excluding steroid dienone is 2. The molecule has 1 aromatic carbocycles. The van der Waals surface area contributed by atoms with Crippen molar-refractivity contribution in [2.45, 2.75) is 0 Å². The molecule has 1 aliphatic rings. The van der Waals surface area contributed by atoms with E-state index in [2.05, 4.69) is 20.2 Å². The molecule has 94 valence electrons. The van der Waals surface area contributed by atoms with Crippen LogP contribution in [0.5, 0.6) is 0 Å². The van der Waals surface area contributed by atoms with Crippen LogP contribution >= 0.6 is 0 Å². The van der Waals surface area contributed by atoms with E-state index in [1.165, 1.54) is 0 Å². The zero-order valence-electron chi connectivity index (χ0n) is 9.91. The second kappa shape index (κ2) is 4.85. The number of fused-ring (bicyclic) bond motifs is 1. The molecule has 19 heavy (non-hydrogen) atoms. The van der Waals surface area contributed by atoms with E-state index >= 15 is 0 Å². The van der Waals surface area contributed by atoms with Gasteiger partial charge in [-0.25, -0.2) is 4.79 Å². The van der Waals surface area contributed by atoms with E-state index in [-0.39, 0.29) is 5.82 Å². The molecule has 0 spiro atoms. The van der Waals surface area contributed by atoms with Crippen LogP contribution in [0, 0.1) is 0 Å². The van der Waals surface area contributed by atoms with Gasteiger partial charge in [-0.15, -0.1) is 10.2 Å². The third kappa shape index (κ3) is 2.42. The van der Waals surface area contributed by atoms with E-state index in [1.807, 2.05) is 30.4 Å². The van der Waals surface area contributed by atoms with Crippen molar-refractivity contribution in [2.75, 3.05) is 6.61 Å². The Morgan fingerprint density at radius 1 is 1.26 bits per heavy atom. The second-order valence-electron chi connectivity index (χ2n) is 3.86. The van der Waals surface area contributed by atoms with Gasteiger partial charge in [0.05, 0.1) is 5.52 Å². The monoisotopic (exact) mass is 254 g/mol. The fourth-order valence-electron chi connectivity index (χ4n) is 1.71. The van der Waals surface area contributed by atoms with Crippen molar-refractivity contribution in [3.05, 3.63) is 58.9 Å². The summed E-state index contributed by atoms with van der Waals surface area (Å²) in [4.78, 5) is 17.9. The normalized spacial score (nSPS) is 14.6. The fourth-order valence-corrected chi connectivity index (χ4v) is 1.71. The van der Waals surface area contributed by atoms with Crippen LogP contribution < -0.4 is 5.69 Å². The predicted molar refractivity (Wildman–Crippen MR) is 70.1 cm³/mol. The number of aromatic nitrogens is 2. The van der Waals surface area contributed by atoms with Gasteiger partial charge in [-0.1, -0.05) is 18.2 Å². The number of azo groups is 1. The number of nitrogens with zero attached hydrogens (tertiary/aromatic N) is 3. The van der Waals surface area contributed by atoms with Gasteiger partial charge in [0.15, 0.2) is 5.82 Å². The maximum atomic E-state index is 11.4. The molecule has 1 aliphatic heterocycles. The van der Waals surface area contributed by atoms with Gasteiger partial charge in [-0.3, -0.25) is 0 Å². The minimum atomic E-state index is -0.453. The number of hydrogen-bond donors (Lipinski definition) is 1. The quantitative estimate of drug-likeness (QED) is 0.836. The minimum Gasteiger partial charge on any atom is -0.472 e. The van der Waals surface area contributed by atoms with Crippen molar-refractivity contribution < 1.29 is 4.74 Å². The number of para-hydroxylation sites is 1. The minimum absolute atomic E-state index is 0.276. The van der Waals surface area contributed by atoms with Crippen LogP contribution in [0.15, 0.2) is 63.4 Å². The van der Waals surface area contributed by atoms with Gasteiger partial charge in [-0.05, 0) is 18.2 Å². The van der Waals surface area contributed by atoms with Crippen molar-refractivity contribution >= 4 is 16.7 Å². The first-order valence-electron chi connectivity index (χ1n) is 5.73. The number of aromatic amines is 1. The van der Waals surface area contributed by atoms with Gasteiger partial charge >= 0.3 is 5.69 Å². The van der Waals surface area contributed by atoms with E-state index in [4.69, 9.17) is 4.74 Å². The molecule has 1 N–H and O–H groups in total. The van der Waals surface area contributed by atoms with Crippen molar-refractivity contribution in [3.63, 3.8) is 0 Å². The van der Waals surface area contributed by atoms with Gasteiger partial charge in [0.25, 0.3) is 0 Å². The number of rotatable bonds is 2. The van der Waals surface area contributed by atoms with E-state index in [9.17, 15) is 4.79 Å². The molecule has 0 aliphatic carbocycles. The number of nitrogens with one attached hydrogen (secondary N) is 1. The van der Waals surface area contributed by atoms with Crippen LogP contribution in [-0.4, -0.2) is 16.6 Å². The molecule has 0 atom stereocenters. The smallest absolute Gasteiger partial charge is 0.347 e. The molecule has 6 heteroatoms. The highest BCUT2D eigenvalue weighted by atomic mass is 16.5. The molecular weight excluding hydrogens is 244 g/mol. The average Bonchev–Trinajstić information content (AvgIpc) is 2.45. The molecule has 0 fully saturated rings. The summed E-state index contributed by atoms with van der Waals surface area (Å²) in [6, 6.07) is 7.29. The maximum Gasteiger partial charge on any atom is 0.347 e. The standard InChI is InChI=1S/C13H10N4O2/c18-13-14-10-6-2-1-5-9(10)12(15-13)17-16-11-7-3-4-8-19-11/h1-7H,8H2,(H,14,15,18). The molecular formula is C13H10N4O2. The van der Waals surface area contributed by atoms with E-state index in [1.54, 1.807) is 12.1 Å². The lowest BCUT2D eigenvalue weighted by molar-refractivity contribution is 0.238. The number of H-pyrrole nitrogens is 1. The summed E-state index contributed by atoms with van der Waals surface area (Å²) in [5.41, 5.74) is 0.223. The molecule has 3 rings (SSSR count). The molecule has 0 radical (unpaired) electrons. The second-order valence-corrected chi connectivity index (χ2v) is 3.86. The van der Waals surface area contributed by atoms with Crippen LogP contribution in [0.4, 0.5) is 5.82 Å². The Hall–Kier alpha value is -2.76. The Labute approximate surface area is 108 Å². The van der Waals surface area contributed by atoms with Crippen molar-refractivity contribution in [1.29, 1.82) is 0 Å². The molecule has 0 amide bonds. The highest BCUT2D eigenvalue weighted by Gasteiger charge is 2.04. The summed E-state index contributed by atoms with van der Waals surface area (Å²) in [6.07, 6.45) is 5.39. The Morgan fingerprint density at radius 3 is 3.00 bits per heavy atom. The highest BCUT2D eigenvalue weighted by Crippen LogP contribution is 2.21. The fraction of sp³-hybridized carbons (Fsp3) is 0.0769. The molecule has 6 nitrogen and oxygen atoms in total. The van der Waals surface area contributed by atoms with Crippen molar-refractivity contribution in [3.8, 4) is 0 Å². The van der Waals surface area contributed by atoms with Crippen LogP contribution in [-0.2, 0) is 4.74 Å². The Morgan fingerprint density at radius 2 is 2.16 bits per heavy atom. The number of hydrogen-bond acceptors (Lipinski definition) is 5. The Bertz CT molecular complexity index is 759. The molecule has 0 saturated carbocycles. The zero-order valence-corrected chi connectivity index (χ0v) is 9.91. The molecule has 2 heterocycles. The third-order valence-electron chi connectivity index (χ3n) is 2.56. The zero-order chi connectivity index (χ0) is 13.1. The SMILES string of the molecule is O=c1nc(N=NC2=CC=CCO2)c2ccccc2[nH]1. The average molecular weight is 254 g/mol. The molecule has 1 aromatic heterocycles. The summed E-state index contributed by atoms with van der Waals surface area (Å²) < 4.78 is 5.24. The van der Waals surface area contributed by atoms with Crippen molar-refractivity contribution in [2.24, 2.45) is 10.2 Å². The number of benzene rings is 1. The molecule has 0 saturated heterocycles. The Kier molecular flexibility index (Phi) is 2.89. The van der Waals surface area contributed by atoms with E-state index < -0.39 is 5.69 Å². The first-order valence-corrected chi connectivity index (χ1v) is 5.73. The summed E-state index contributed by atoms with van der Waals surface area (Å²) in [5, 5.41) is 8.66. The van der Waals surface area contributed by atoms with Crippen LogP contribution in [0.3, 0.4) is 0 Å². The van der Waals surface area contributed by atoms with Crippen molar-refractivity contribution in [1.82, 2.24) is 9.97 Å². The van der Waals surface area contributed by atoms with Gasteiger partial charge < -0.3 is 9.72 Å². The molecule has 0 unspecified atom stereocenters. The van der Waals surface area contributed by atoms with Gasteiger partial charge in [0.2, 0.25) is 5.88 Å². The lowest BCUT2D eigenvalue weighted by atomic mass is 10.2. The summed E-state index contributed by atoms with van der Waals surface area (Å²) >= 11 is 0. The largest absolute Gasteiger partial charge is 0.472 e. The summed E-state index contributed by atoms with van der Waals surface area (Å²) in [5.74, 6) is 0.673. The highest BCUT2D eigenvalue weighted by molar-refractivity contribution is 5.86. The summed E-state index contributed by atoms with van der Waals surface area (Å²) in [7, 11) is 0.